The summed E-state index contributed by atoms with van der Waals surface area (Å²) in [7, 11) is 0. The molecule has 3 heteroatoms. The fourth-order valence-electron chi connectivity index (χ4n) is 0.483. The maximum absolute atomic E-state index is 10.9. The Hall–Kier alpha value is -0.0200. The van der Waals surface area contributed by atoms with Gasteiger partial charge in [-0.15, -0.1) is 0 Å². The van der Waals surface area contributed by atoms with Crippen LogP contribution in [0.25, 0.3) is 0 Å². The third-order valence-corrected chi connectivity index (χ3v) is 2.17. The first-order chi connectivity index (χ1) is 4.22. The lowest BCUT2D eigenvalue weighted by Gasteiger charge is -1.92. The highest BCUT2D eigenvalue weighted by molar-refractivity contribution is 9.11. The van der Waals surface area contributed by atoms with Crippen molar-refractivity contribution >= 4 is 31.9 Å². The van der Waals surface area contributed by atoms with Gasteiger partial charge in [-0.3, -0.25) is 5.11 Å². The van der Waals surface area contributed by atoms with Crippen LogP contribution in [0, 0.1) is 0 Å². The van der Waals surface area contributed by atoms with Crippen LogP contribution < -0.4 is 0 Å². The number of hydrogen-bond acceptors (Lipinski definition) is 0. The fraction of sp³-hybridized carbons (Fsp3) is 0. The van der Waals surface area contributed by atoms with Crippen LogP contribution in [0.3, 0.4) is 0 Å². The number of para-hydroxylation sites is 1. The Balaban J connectivity index is 3.25. The highest BCUT2D eigenvalue weighted by atomic mass is 79.9. The lowest BCUT2D eigenvalue weighted by atomic mass is 10.3. The van der Waals surface area contributed by atoms with Gasteiger partial charge in [-0.1, -0.05) is 6.07 Å². The molecule has 1 aromatic rings. The van der Waals surface area contributed by atoms with Crippen molar-refractivity contribution in [3.63, 3.8) is 0 Å². The Labute approximate surface area is 70.0 Å². The van der Waals surface area contributed by atoms with E-state index in [9.17, 15) is 5.11 Å². The molecule has 0 aliphatic rings. The first kappa shape index (κ1) is 7.09. The summed E-state index contributed by atoms with van der Waals surface area (Å²) in [5, 5.41) is 10.9. The van der Waals surface area contributed by atoms with Crippen LogP contribution in [0.2, 0.25) is 0 Å². The van der Waals surface area contributed by atoms with Gasteiger partial charge in [0.1, 0.15) is 0 Å². The molecule has 1 nitrogen and oxygen atoms in total. The van der Waals surface area contributed by atoms with Crippen molar-refractivity contribution < 1.29 is 5.11 Å². The second-order valence-corrected chi connectivity index (χ2v) is 3.26. The van der Waals surface area contributed by atoms with Gasteiger partial charge in [-0.25, -0.2) is 0 Å². The van der Waals surface area contributed by atoms with Crippen molar-refractivity contribution in [2.45, 2.75) is 0 Å². The van der Waals surface area contributed by atoms with E-state index in [0.717, 1.165) is 0 Å². The first-order valence-corrected chi connectivity index (χ1v) is 3.91. The quantitative estimate of drug-likeness (QED) is 0.673. The molecule has 0 aliphatic carbocycles. The number of hydrogen-bond donors (Lipinski definition) is 0. The molecule has 9 heavy (non-hydrogen) atoms. The van der Waals surface area contributed by atoms with Crippen LogP contribution >= 0.6 is 31.9 Å². The zero-order chi connectivity index (χ0) is 6.85. The molecule has 1 radical (unpaired) electrons. The Morgan fingerprint density at radius 2 is 1.56 bits per heavy atom. The Bertz CT molecular complexity index is 202. The van der Waals surface area contributed by atoms with Gasteiger partial charge < -0.3 is 0 Å². The summed E-state index contributed by atoms with van der Waals surface area (Å²) in [6, 6.07) is 5.23. The van der Waals surface area contributed by atoms with E-state index in [1.165, 1.54) is 0 Å². The molecular weight excluding hydrogens is 248 g/mol. The van der Waals surface area contributed by atoms with Gasteiger partial charge in [0.2, 0.25) is 5.75 Å². The number of rotatable bonds is 0. The number of halogens is 2. The van der Waals surface area contributed by atoms with Crippen LogP contribution in [-0.2, 0) is 5.11 Å². The van der Waals surface area contributed by atoms with Gasteiger partial charge in [-0.2, -0.15) is 0 Å². The van der Waals surface area contributed by atoms with Crippen LogP contribution in [0.15, 0.2) is 27.1 Å². The molecule has 0 fully saturated rings. The standard InChI is InChI=1S/C6H3Br2O/c7-4-2-1-3-5(8)6(4)9/h1-3H. The predicted octanol–water partition coefficient (Wildman–Crippen LogP) is 3.36. The second-order valence-electron chi connectivity index (χ2n) is 1.55. The molecule has 0 N–H and O–H groups in total. The molecule has 0 unspecified atom stereocenters. The van der Waals surface area contributed by atoms with E-state index >= 15 is 0 Å². The van der Waals surface area contributed by atoms with Crippen molar-refractivity contribution in [2.75, 3.05) is 0 Å². The average Bonchev–Trinajstić information content (AvgIpc) is 1.83. The molecule has 0 amide bonds. The van der Waals surface area contributed by atoms with Gasteiger partial charge in [0.05, 0.1) is 8.95 Å². The molecule has 0 aliphatic heterocycles. The highest BCUT2D eigenvalue weighted by Gasteiger charge is 2.01. The molecule has 1 rings (SSSR count). The Morgan fingerprint density at radius 3 is 1.89 bits per heavy atom. The minimum Gasteiger partial charge on any atom is -0.287 e. The molecule has 0 aromatic heterocycles. The molecule has 0 spiro atoms. The summed E-state index contributed by atoms with van der Waals surface area (Å²) < 4.78 is 1.19. The van der Waals surface area contributed by atoms with E-state index in [1.807, 2.05) is 0 Å². The summed E-state index contributed by atoms with van der Waals surface area (Å²) >= 11 is 6.21. The Kier molecular flexibility index (Phi) is 2.13. The van der Waals surface area contributed by atoms with Crippen LogP contribution in [0.1, 0.15) is 0 Å². The molecule has 0 saturated heterocycles. The molecule has 1 aromatic carbocycles. The molecule has 0 atom stereocenters. The van der Waals surface area contributed by atoms with Gasteiger partial charge in [0.25, 0.3) is 0 Å². The SMILES string of the molecule is [O]c1c(Br)cccc1Br. The van der Waals surface area contributed by atoms with E-state index < -0.39 is 0 Å². The van der Waals surface area contributed by atoms with E-state index in [-0.39, 0.29) is 5.75 Å². The smallest absolute Gasteiger partial charge is 0.206 e. The maximum Gasteiger partial charge on any atom is 0.206 e. The largest absolute Gasteiger partial charge is 0.287 e. The minimum atomic E-state index is -0.00231. The third kappa shape index (κ3) is 1.46. The second kappa shape index (κ2) is 2.71. The van der Waals surface area contributed by atoms with Crippen molar-refractivity contribution in [3.8, 4) is 5.75 Å². The lowest BCUT2D eigenvalue weighted by molar-refractivity contribution is 0.349. The van der Waals surface area contributed by atoms with Crippen molar-refractivity contribution in [1.29, 1.82) is 0 Å². The van der Waals surface area contributed by atoms with Crippen LogP contribution in [0.5, 0.6) is 5.75 Å². The summed E-state index contributed by atoms with van der Waals surface area (Å²) in [5.41, 5.74) is 0. The summed E-state index contributed by atoms with van der Waals surface area (Å²) in [6.45, 7) is 0. The monoisotopic (exact) mass is 249 g/mol. The first-order valence-electron chi connectivity index (χ1n) is 2.33. The van der Waals surface area contributed by atoms with E-state index in [0.29, 0.717) is 8.95 Å². The van der Waals surface area contributed by atoms with Crippen molar-refractivity contribution in [1.82, 2.24) is 0 Å². The third-order valence-electron chi connectivity index (χ3n) is 0.919. The van der Waals surface area contributed by atoms with Gasteiger partial charge in [0, 0.05) is 0 Å². The van der Waals surface area contributed by atoms with Gasteiger partial charge >= 0.3 is 0 Å². The topological polar surface area (TPSA) is 19.9 Å². The van der Waals surface area contributed by atoms with Gasteiger partial charge in [-0.05, 0) is 44.0 Å². The van der Waals surface area contributed by atoms with Crippen molar-refractivity contribution in [3.05, 3.63) is 27.1 Å². The number of benzene rings is 1. The normalized spacial score (nSPS) is 9.56. The van der Waals surface area contributed by atoms with Crippen LogP contribution in [0.4, 0.5) is 0 Å². The summed E-state index contributed by atoms with van der Waals surface area (Å²) in [4.78, 5) is 0. The fourth-order valence-corrected chi connectivity index (χ4v) is 1.48. The Morgan fingerprint density at radius 1 is 1.11 bits per heavy atom. The molecule has 0 heterocycles. The highest BCUT2D eigenvalue weighted by Crippen LogP contribution is 2.31. The summed E-state index contributed by atoms with van der Waals surface area (Å²) in [6.07, 6.45) is 0. The van der Waals surface area contributed by atoms with Crippen LogP contribution in [-0.4, -0.2) is 0 Å². The minimum absolute atomic E-state index is 0.00231. The lowest BCUT2D eigenvalue weighted by Crippen LogP contribution is -1.66. The maximum atomic E-state index is 10.9. The molecular formula is C6H3Br2O. The van der Waals surface area contributed by atoms with E-state index in [4.69, 9.17) is 0 Å². The van der Waals surface area contributed by atoms with E-state index in [2.05, 4.69) is 31.9 Å². The molecule has 0 saturated carbocycles. The predicted molar refractivity (Wildman–Crippen MR) is 42.0 cm³/mol. The summed E-state index contributed by atoms with van der Waals surface area (Å²) in [5.74, 6) is -0.00231. The molecule has 47 valence electrons. The van der Waals surface area contributed by atoms with Crippen molar-refractivity contribution in [2.24, 2.45) is 0 Å². The average molecular weight is 251 g/mol. The molecule has 0 bridgehead atoms. The van der Waals surface area contributed by atoms with Gasteiger partial charge in [0.15, 0.2) is 0 Å². The zero-order valence-electron chi connectivity index (χ0n) is 4.40. The zero-order valence-corrected chi connectivity index (χ0v) is 7.57. The van der Waals surface area contributed by atoms with E-state index in [1.54, 1.807) is 18.2 Å².